The van der Waals surface area contributed by atoms with Crippen molar-refractivity contribution >= 4 is 16.7 Å². The molecule has 0 saturated carbocycles. The van der Waals surface area contributed by atoms with Crippen molar-refractivity contribution in [1.82, 2.24) is 5.16 Å². The molecule has 0 aliphatic rings. The van der Waals surface area contributed by atoms with Crippen molar-refractivity contribution in [3.05, 3.63) is 36.4 Å². The zero-order valence-electron chi connectivity index (χ0n) is 11.2. The number of methoxy groups -OCH3 is 2. The molecule has 0 radical (unpaired) electrons. The summed E-state index contributed by atoms with van der Waals surface area (Å²) in [5, 5.41) is 4.98. The molecular formula is C15H14N2O3. The molecule has 2 N–H and O–H groups in total. The zero-order valence-corrected chi connectivity index (χ0v) is 11.2. The van der Waals surface area contributed by atoms with E-state index in [1.807, 2.05) is 36.4 Å². The van der Waals surface area contributed by atoms with Gasteiger partial charge in [-0.3, -0.25) is 0 Å². The first kappa shape index (κ1) is 12.3. The number of nitrogens with two attached hydrogens (primary N) is 1. The van der Waals surface area contributed by atoms with Crippen LogP contribution in [0.5, 0.6) is 11.5 Å². The highest BCUT2D eigenvalue weighted by atomic mass is 16.5. The number of ether oxygens (including phenoxy) is 2. The predicted octanol–water partition coefficient (Wildman–Crippen LogP) is 3.09. The number of benzene rings is 2. The highest BCUT2D eigenvalue weighted by molar-refractivity contribution is 5.96. The van der Waals surface area contributed by atoms with Gasteiger partial charge in [0.2, 0.25) is 11.3 Å². The van der Waals surface area contributed by atoms with Gasteiger partial charge in [0.1, 0.15) is 5.69 Å². The molecule has 5 nitrogen and oxygen atoms in total. The Morgan fingerprint density at radius 2 is 1.95 bits per heavy atom. The lowest BCUT2D eigenvalue weighted by atomic mass is 10.1. The Kier molecular flexibility index (Phi) is 2.95. The summed E-state index contributed by atoms with van der Waals surface area (Å²) in [5.41, 5.74) is 8.68. The third-order valence-corrected chi connectivity index (χ3v) is 3.14. The van der Waals surface area contributed by atoms with E-state index in [0.717, 1.165) is 16.6 Å². The number of nitrogen functional groups attached to an aromatic ring is 1. The van der Waals surface area contributed by atoms with Crippen LogP contribution in [0.1, 0.15) is 0 Å². The number of nitrogens with zero attached hydrogens (tertiary/aromatic N) is 1. The SMILES string of the molecule is COc1ccc2c(-c3cccc(N)c3)noc2c1OC. The van der Waals surface area contributed by atoms with Crippen LogP contribution in [-0.2, 0) is 0 Å². The standard InChI is InChI=1S/C15H14N2O3/c1-18-12-7-6-11-13(9-4-3-5-10(16)8-9)17-20-14(11)15(12)19-2/h3-8H,16H2,1-2H3. The van der Waals surface area contributed by atoms with Gasteiger partial charge in [-0.25, -0.2) is 0 Å². The molecule has 3 aromatic rings. The minimum Gasteiger partial charge on any atom is -0.493 e. The summed E-state index contributed by atoms with van der Waals surface area (Å²) in [6.07, 6.45) is 0. The summed E-state index contributed by atoms with van der Waals surface area (Å²) in [5.74, 6) is 1.14. The van der Waals surface area contributed by atoms with Crippen molar-refractivity contribution in [1.29, 1.82) is 0 Å². The van der Waals surface area contributed by atoms with Crippen LogP contribution in [-0.4, -0.2) is 19.4 Å². The molecule has 0 aliphatic carbocycles. The molecule has 0 fully saturated rings. The number of aromatic nitrogens is 1. The third-order valence-electron chi connectivity index (χ3n) is 3.14. The van der Waals surface area contributed by atoms with E-state index < -0.39 is 0 Å². The molecule has 3 rings (SSSR count). The van der Waals surface area contributed by atoms with Gasteiger partial charge in [0.05, 0.1) is 19.6 Å². The second-order valence-electron chi connectivity index (χ2n) is 4.33. The van der Waals surface area contributed by atoms with Crippen LogP contribution in [0.15, 0.2) is 40.9 Å². The Hall–Kier alpha value is -2.69. The normalized spacial score (nSPS) is 10.7. The maximum atomic E-state index is 5.81. The molecule has 0 aliphatic heterocycles. The Labute approximate surface area is 115 Å². The Morgan fingerprint density at radius 1 is 1.10 bits per heavy atom. The quantitative estimate of drug-likeness (QED) is 0.740. The monoisotopic (exact) mass is 270 g/mol. The van der Waals surface area contributed by atoms with E-state index in [1.165, 1.54) is 0 Å². The van der Waals surface area contributed by atoms with E-state index in [4.69, 9.17) is 19.7 Å². The van der Waals surface area contributed by atoms with E-state index in [-0.39, 0.29) is 0 Å². The summed E-state index contributed by atoms with van der Waals surface area (Å²) in [6.45, 7) is 0. The van der Waals surface area contributed by atoms with Gasteiger partial charge in [0.25, 0.3) is 0 Å². The molecule has 1 aromatic heterocycles. The first-order chi connectivity index (χ1) is 9.74. The molecular weight excluding hydrogens is 256 g/mol. The van der Waals surface area contributed by atoms with Gasteiger partial charge in [-0.2, -0.15) is 0 Å². The molecule has 0 atom stereocenters. The van der Waals surface area contributed by atoms with Gasteiger partial charge in [0, 0.05) is 11.3 Å². The first-order valence-corrected chi connectivity index (χ1v) is 6.11. The molecule has 0 amide bonds. The summed E-state index contributed by atoms with van der Waals surface area (Å²) in [7, 11) is 3.15. The number of rotatable bonds is 3. The second-order valence-corrected chi connectivity index (χ2v) is 4.33. The predicted molar refractivity (Wildman–Crippen MR) is 77.0 cm³/mol. The molecule has 1 heterocycles. The lowest BCUT2D eigenvalue weighted by Crippen LogP contribution is -1.90. The van der Waals surface area contributed by atoms with Crippen LogP contribution in [0, 0.1) is 0 Å². The highest BCUT2D eigenvalue weighted by Crippen LogP contribution is 2.39. The lowest BCUT2D eigenvalue weighted by Gasteiger charge is -2.06. The second kappa shape index (κ2) is 4.77. The minimum absolute atomic E-state index is 0.535. The molecule has 20 heavy (non-hydrogen) atoms. The molecule has 5 heteroatoms. The van der Waals surface area contributed by atoms with Crippen LogP contribution < -0.4 is 15.2 Å². The summed E-state index contributed by atoms with van der Waals surface area (Å²) in [6, 6.07) is 11.2. The van der Waals surface area contributed by atoms with Crippen LogP contribution >= 0.6 is 0 Å². The summed E-state index contributed by atoms with van der Waals surface area (Å²) < 4.78 is 16.0. The first-order valence-electron chi connectivity index (χ1n) is 6.11. The third kappa shape index (κ3) is 1.84. The van der Waals surface area contributed by atoms with Gasteiger partial charge in [0.15, 0.2) is 5.75 Å². The number of anilines is 1. The maximum Gasteiger partial charge on any atom is 0.213 e. The average molecular weight is 270 g/mol. The fraction of sp³-hybridized carbons (Fsp3) is 0.133. The van der Waals surface area contributed by atoms with Crippen LogP contribution in [0.25, 0.3) is 22.2 Å². The number of hydrogen-bond donors (Lipinski definition) is 1. The number of hydrogen-bond acceptors (Lipinski definition) is 5. The topological polar surface area (TPSA) is 70.5 Å². The van der Waals surface area contributed by atoms with Gasteiger partial charge in [-0.05, 0) is 24.3 Å². The minimum atomic E-state index is 0.535. The number of fused-ring (bicyclic) bond motifs is 1. The maximum absolute atomic E-state index is 5.81. The Morgan fingerprint density at radius 3 is 2.65 bits per heavy atom. The highest BCUT2D eigenvalue weighted by Gasteiger charge is 2.17. The van der Waals surface area contributed by atoms with Gasteiger partial charge in [-0.1, -0.05) is 17.3 Å². The fourth-order valence-electron chi connectivity index (χ4n) is 2.21. The van der Waals surface area contributed by atoms with Crippen molar-refractivity contribution in [2.45, 2.75) is 0 Å². The van der Waals surface area contributed by atoms with Crippen molar-refractivity contribution in [2.24, 2.45) is 0 Å². The van der Waals surface area contributed by atoms with Gasteiger partial charge in [-0.15, -0.1) is 0 Å². The van der Waals surface area contributed by atoms with E-state index in [2.05, 4.69) is 5.16 Å². The molecule has 2 aromatic carbocycles. The van der Waals surface area contributed by atoms with E-state index in [9.17, 15) is 0 Å². The lowest BCUT2D eigenvalue weighted by molar-refractivity contribution is 0.348. The molecule has 0 bridgehead atoms. The van der Waals surface area contributed by atoms with Crippen LogP contribution in [0.2, 0.25) is 0 Å². The van der Waals surface area contributed by atoms with Gasteiger partial charge >= 0.3 is 0 Å². The van der Waals surface area contributed by atoms with E-state index in [0.29, 0.717) is 22.8 Å². The fourth-order valence-corrected chi connectivity index (χ4v) is 2.21. The van der Waals surface area contributed by atoms with Crippen molar-refractivity contribution in [3.63, 3.8) is 0 Å². The largest absolute Gasteiger partial charge is 0.493 e. The van der Waals surface area contributed by atoms with Crippen LogP contribution in [0.3, 0.4) is 0 Å². The van der Waals surface area contributed by atoms with E-state index in [1.54, 1.807) is 14.2 Å². The molecule has 0 saturated heterocycles. The molecule has 0 spiro atoms. The zero-order chi connectivity index (χ0) is 14.1. The smallest absolute Gasteiger partial charge is 0.213 e. The average Bonchev–Trinajstić information content (AvgIpc) is 2.90. The van der Waals surface area contributed by atoms with Crippen molar-refractivity contribution in [2.75, 3.05) is 20.0 Å². The Balaban J connectivity index is 2.24. The molecule has 102 valence electrons. The molecule has 0 unspecified atom stereocenters. The summed E-state index contributed by atoms with van der Waals surface area (Å²) >= 11 is 0. The van der Waals surface area contributed by atoms with Gasteiger partial charge < -0.3 is 19.7 Å². The summed E-state index contributed by atoms with van der Waals surface area (Å²) in [4.78, 5) is 0. The van der Waals surface area contributed by atoms with Crippen LogP contribution in [0.4, 0.5) is 5.69 Å². The van der Waals surface area contributed by atoms with Crippen molar-refractivity contribution < 1.29 is 14.0 Å². The van der Waals surface area contributed by atoms with Crippen molar-refractivity contribution in [3.8, 4) is 22.8 Å². The Bertz CT molecular complexity index is 765. The van der Waals surface area contributed by atoms with E-state index >= 15 is 0 Å².